The fraction of sp³-hybridized carbons (Fsp3) is 0.111. The number of H-pyrrole nitrogens is 1. The van der Waals surface area contributed by atoms with E-state index in [1.54, 1.807) is 37.4 Å². The van der Waals surface area contributed by atoms with Crippen LogP contribution in [0.4, 0.5) is 5.69 Å². The highest BCUT2D eigenvalue weighted by molar-refractivity contribution is 7.93. The molecule has 134 valence electrons. The number of nitrogens with zero attached hydrogens (tertiary/aromatic N) is 5. The molecule has 0 fully saturated rings. The Hall–Kier alpha value is -3.69. The smallest absolute Gasteiger partial charge is 0.280 e. The SMILES string of the molecule is [C-]#[N+]c1ccc(-c2c(C)[nH]n(-c3ccc(S(C)(=O)=NC#N)cn3)c2=O)cc1. The third-order valence-electron chi connectivity index (χ3n) is 3.96. The molecule has 1 aromatic carbocycles. The van der Waals surface area contributed by atoms with Gasteiger partial charge in [-0.1, -0.05) is 24.3 Å². The Morgan fingerprint density at radius 2 is 2.00 bits per heavy atom. The summed E-state index contributed by atoms with van der Waals surface area (Å²) in [6.07, 6.45) is 4.23. The van der Waals surface area contributed by atoms with Gasteiger partial charge in [0.05, 0.1) is 26.8 Å². The van der Waals surface area contributed by atoms with E-state index in [1.807, 2.05) is 0 Å². The molecule has 1 N–H and O–H groups in total. The molecule has 0 aliphatic carbocycles. The van der Waals surface area contributed by atoms with E-state index in [2.05, 4.69) is 19.3 Å². The fourth-order valence-electron chi connectivity index (χ4n) is 2.61. The van der Waals surface area contributed by atoms with Crippen molar-refractivity contribution in [1.29, 1.82) is 5.26 Å². The third-order valence-corrected chi connectivity index (χ3v) is 5.50. The van der Waals surface area contributed by atoms with E-state index in [1.165, 1.54) is 29.3 Å². The zero-order chi connectivity index (χ0) is 19.6. The molecule has 0 amide bonds. The Balaban J connectivity index is 2.06. The van der Waals surface area contributed by atoms with Crippen LogP contribution in [0, 0.1) is 25.0 Å². The first-order valence-electron chi connectivity index (χ1n) is 7.73. The highest BCUT2D eigenvalue weighted by Gasteiger charge is 2.15. The van der Waals surface area contributed by atoms with Gasteiger partial charge in [-0.3, -0.25) is 9.89 Å². The van der Waals surface area contributed by atoms with E-state index in [0.29, 0.717) is 33.2 Å². The molecule has 0 saturated heterocycles. The van der Waals surface area contributed by atoms with Crippen LogP contribution in [0.3, 0.4) is 0 Å². The molecule has 3 rings (SSSR count). The lowest BCUT2D eigenvalue weighted by molar-refractivity contribution is 0.680. The van der Waals surface area contributed by atoms with Crippen molar-refractivity contribution in [3.63, 3.8) is 0 Å². The molecule has 0 saturated carbocycles. The predicted octanol–water partition coefficient (Wildman–Crippen LogP) is 3.02. The minimum atomic E-state index is -2.84. The van der Waals surface area contributed by atoms with Crippen LogP contribution < -0.4 is 5.56 Å². The average Bonchev–Trinajstić information content (AvgIpc) is 2.96. The molecule has 0 aliphatic heterocycles. The van der Waals surface area contributed by atoms with Crippen molar-refractivity contribution in [3.8, 4) is 23.1 Å². The number of aromatic nitrogens is 3. The molecule has 8 nitrogen and oxygen atoms in total. The minimum Gasteiger partial charge on any atom is -0.293 e. The zero-order valence-corrected chi connectivity index (χ0v) is 15.3. The van der Waals surface area contributed by atoms with Gasteiger partial charge in [0.1, 0.15) is 0 Å². The van der Waals surface area contributed by atoms with Crippen molar-refractivity contribution in [2.75, 3.05) is 6.26 Å². The Labute approximate surface area is 155 Å². The van der Waals surface area contributed by atoms with E-state index in [9.17, 15) is 9.00 Å². The summed E-state index contributed by atoms with van der Waals surface area (Å²) in [5, 5.41) is 11.6. The largest absolute Gasteiger partial charge is 0.293 e. The number of rotatable bonds is 3. The van der Waals surface area contributed by atoms with Crippen molar-refractivity contribution in [3.05, 3.63) is 70.1 Å². The minimum absolute atomic E-state index is 0.290. The van der Waals surface area contributed by atoms with E-state index in [4.69, 9.17) is 11.8 Å². The molecule has 1 unspecified atom stereocenters. The van der Waals surface area contributed by atoms with Gasteiger partial charge in [0.25, 0.3) is 5.56 Å². The highest BCUT2D eigenvalue weighted by Crippen LogP contribution is 2.23. The Kier molecular flexibility index (Phi) is 4.63. The van der Waals surface area contributed by atoms with Gasteiger partial charge < -0.3 is 0 Å². The van der Waals surface area contributed by atoms with Gasteiger partial charge in [0, 0.05) is 18.1 Å². The molecule has 27 heavy (non-hydrogen) atoms. The molecule has 0 bridgehead atoms. The van der Waals surface area contributed by atoms with Crippen LogP contribution in [0.1, 0.15) is 5.69 Å². The normalized spacial score (nSPS) is 12.6. The number of hydrogen-bond acceptors (Lipinski definition) is 5. The van der Waals surface area contributed by atoms with E-state index < -0.39 is 9.73 Å². The van der Waals surface area contributed by atoms with Gasteiger partial charge in [-0.05, 0) is 24.6 Å². The van der Waals surface area contributed by atoms with Crippen molar-refractivity contribution in [1.82, 2.24) is 14.8 Å². The van der Waals surface area contributed by atoms with Crippen LogP contribution in [0.2, 0.25) is 0 Å². The van der Waals surface area contributed by atoms with Crippen LogP contribution in [0.15, 0.2) is 56.6 Å². The molecule has 2 aromatic heterocycles. The number of pyridine rings is 1. The molecule has 1 atom stereocenters. The molecule has 2 heterocycles. The number of nitrogens with one attached hydrogen (secondary N) is 1. The van der Waals surface area contributed by atoms with Crippen LogP contribution >= 0.6 is 0 Å². The number of aromatic amines is 1. The van der Waals surface area contributed by atoms with Crippen molar-refractivity contribution in [2.45, 2.75) is 11.8 Å². The summed E-state index contributed by atoms with van der Waals surface area (Å²) in [5.41, 5.74) is 2.04. The number of nitriles is 1. The van der Waals surface area contributed by atoms with E-state index in [-0.39, 0.29) is 5.56 Å². The number of hydrogen-bond donors (Lipinski definition) is 1. The van der Waals surface area contributed by atoms with Crippen molar-refractivity contribution in [2.24, 2.45) is 4.36 Å². The van der Waals surface area contributed by atoms with Crippen molar-refractivity contribution < 1.29 is 4.21 Å². The van der Waals surface area contributed by atoms with Gasteiger partial charge >= 0.3 is 0 Å². The number of aryl methyl sites for hydroxylation is 1. The van der Waals surface area contributed by atoms with Crippen LogP contribution in [0.5, 0.6) is 0 Å². The fourth-order valence-corrected chi connectivity index (χ4v) is 3.44. The average molecular weight is 378 g/mol. The second-order valence-electron chi connectivity index (χ2n) is 5.76. The van der Waals surface area contributed by atoms with Gasteiger partial charge in [0.2, 0.25) is 6.19 Å². The van der Waals surface area contributed by atoms with E-state index in [0.717, 1.165) is 0 Å². The van der Waals surface area contributed by atoms with Crippen LogP contribution in [-0.2, 0) is 9.73 Å². The summed E-state index contributed by atoms with van der Waals surface area (Å²) in [5.74, 6) is 0.322. The summed E-state index contributed by atoms with van der Waals surface area (Å²) in [4.78, 5) is 20.7. The van der Waals surface area contributed by atoms with Gasteiger partial charge in [-0.2, -0.15) is 5.26 Å². The highest BCUT2D eigenvalue weighted by atomic mass is 32.2. The van der Waals surface area contributed by atoms with Crippen LogP contribution in [-0.4, -0.2) is 25.2 Å². The maximum atomic E-state index is 12.8. The topological polar surface area (TPSA) is 108 Å². The zero-order valence-electron chi connectivity index (χ0n) is 14.5. The lowest BCUT2D eigenvalue weighted by Gasteiger charge is -2.04. The molecule has 3 aromatic rings. The first-order valence-corrected chi connectivity index (χ1v) is 9.66. The summed E-state index contributed by atoms with van der Waals surface area (Å²) in [6, 6.07) is 9.82. The second kappa shape index (κ2) is 6.90. The Morgan fingerprint density at radius 1 is 1.30 bits per heavy atom. The standard InChI is InChI=1S/C18H14N6O2S/c1-12-17(13-4-6-14(20-2)7-5-13)18(25)24(23-12)16-9-8-15(10-21-16)27(3,26)22-11-19/h4-10,23H,1,3H3. The maximum Gasteiger partial charge on any atom is 0.280 e. The second-order valence-corrected chi connectivity index (χ2v) is 8.02. The first kappa shape index (κ1) is 18.1. The Bertz CT molecular complexity index is 1260. The molecule has 0 radical (unpaired) electrons. The molecule has 0 spiro atoms. The summed E-state index contributed by atoms with van der Waals surface area (Å²) < 4.78 is 17.0. The molecular formula is C18H14N6O2S. The number of benzene rings is 1. The summed E-state index contributed by atoms with van der Waals surface area (Å²) in [7, 11) is -2.84. The monoisotopic (exact) mass is 378 g/mol. The van der Waals surface area contributed by atoms with Crippen molar-refractivity contribution >= 4 is 15.4 Å². The quantitative estimate of drug-likeness (QED) is 0.558. The molecule has 0 aliphatic rings. The molecular weight excluding hydrogens is 364 g/mol. The summed E-state index contributed by atoms with van der Waals surface area (Å²) >= 11 is 0. The Morgan fingerprint density at radius 3 is 2.56 bits per heavy atom. The van der Waals surface area contributed by atoms with Gasteiger partial charge in [0.15, 0.2) is 11.5 Å². The van der Waals surface area contributed by atoms with Gasteiger partial charge in [-0.25, -0.2) is 18.7 Å². The first-order chi connectivity index (χ1) is 12.9. The summed E-state index contributed by atoms with van der Waals surface area (Å²) in [6.45, 7) is 8.78. The third kappa shape index (κ3) is 3.36. The van der Waals surface area contributed by atoms with Crippen LogP contribution in [0.25, 0.3) is 21.8 Å². The van der Waals surface area contributed by atoms with Gasteiger partial charge in [-0.15, -0.1) is 4.36 Å². The maximum absolute atomic E-state index is 12.8. The molecule has 9 heteroatoms. The predicted molar refractivity (Wildman–Crippen MR) is 101 cm³/mol. The van der Waals surface area contributed by atoms with E-state index >= 15 is 0 Å². The lowest BCUT2D eigenvalue weighted by atomic mass is 10.1. The lowest BCUT2D eigenvalue weighted by Crippen LogP contribution is -2.17.